The molecule has 2 N–H and O–H groups in total. The molecule has 2 aromatic carbocycles. The van der Waals surface area contributed by atoms with E-state index in [9.17, 15) is 0 Å². The van der Waals surface area contributed by atoms with E-state index in [0.717, 1.165) is 16.1 Å². The molecule has 0 unspecified atom stereocenters. The topological polar surface area (TPSA) is 38.9 Å². The van der Waals surface area contributed by atoms with E-state index in [2.05, 4.69) is 23.7 Å². The van der Waals surface area contributed by atoms with E-state index in [1.807, 2.05) is 48.0 Å². The molecule has 0 aliphatic carbocycles. The predicted molar refractivity (Wildman–Crippen MR) is 77.7 cm³/mol. The van der Waals surface area contributed by atoms with E-state index in [0.29, 0.717) is 0 Å². The number of rotatable bonds is 0. The van der Waals surface area contributed by atoms with Gasteiger partial charge >= 0.3 is 0 Å². The van der Waals surface area contributed by atoms with Crippen molar-refractivity contribution in [2.45, 2.75) is 4.90 Å². The standard InChI is InChI=1S/C7H5NS.C6H7NS/c1-2-4-7-6(3-1)8-5-9-7;7-5-3-1-2-4-6(5)8/h1-5H;1-4,8H,7H2. The number of fused-ring (bicyclic) bond motifs is 1. The monoisotopic (exact) mass is 260 g/mol. The fraction of sp³-hybridized carbons (Fsp3) is 0. The van der Waals surface area contributed by atoms with Crippen LogP contribution in [0.4, 0.5) is 5.69 Å². The fourth-order valence-electron chi connectivity index (χ4n) is 1.29. The molecule has 0 saturated carbocycles. The number of hydrogen-bond donors (Lipinski definition) is 2. The van der Waals surface area contributed by atoms with Gasteiger partial charge in [-0.05, 0) is 24.3 Å². The molecule has 4 heteroatoms. The summed E-state index contributed by atoms with van der Waals surface area (Å²) in [5, 5.41) is 0. The lowest BCUT2D eigenvalue weighted by Crippen LogP contribution is -1.83. The first-order valence-electron chi connectivity index (χ1n) is 5.09. The van der Waals surface area contributed by atoms with Crippen LogP contribution in [0.3, 0.4) is 0 Å². The van der Waals surface area contributed by atoms with Crippen molar-refractivity contribution in [1.82, 2.24) is 4.98 Å². The molecule has 86 valence electrons. The van der Waals surface area contributed by atoms with Crippen molar-refractivity contribution in [2.24, 2.45) is 0 Å². The largest absolute Gasteiger partial charge is 0.398 e. The lowest BCUT2D eigenvalue weighted by Gasteiger charge is -1.92. The minimum Gasteiger partial charge on any atom is -0.398 e. The van der Waals surface area contributed by atoms with Crippen LogP contribution >= 0.6 is 24.0 Å². The molecule has 1 aromatic heterocycles. The molecule has 2 nitrogen and oxygen atoms in total. The number of hydrogen-bond acceptors (Lipinski definition) is 4. The molecule has 0 aliphatic rings. The van der Waals surface area contributed by atoms with E-state index in [4.69, 9.17) is 5.73 Å². The number of thiazole rings is 1. The Balaban J connectivity index is 0.000000128. The van der Waals surface area contributed by atoms with Crippen LogP contribution in [0.1, 0.15) is 0 Å². The third-order valence-corrected chi connectivity index (χ3v) is 3.39. The van der Waals surface area contributed by atoms with Gasteiger partial charge in [0.15, 0.2) is 0 Å². The smallest absolute Gasteiger partial charge is 0.0812 e. The Hall–Kier alpha value is -1.52. The van der Waals surface area contributed by atoms with Gasteiger partial charge in [0, 0.05) is 10.6 Å². The number of nitrogen functional groups attached to an aromatic ring is 1. The first-order chi connectivity index (χ1) is 8.27. The molecule has 0 amide bonds. The zero-order chi connectivity index (χ0) is 12.1. The van der Waals surface area contributed by atoms with Crippen LogP contribution in [0, 0.1) is 0 Å². The Morgan fingerprint density at radius 1 is 1.00 bits per heavy atom. The lowest BCUT2D eigenvalue weighted by atomic mass is 10.3. The van der Waals surface area contributed by atoms with Gasteiger partial charge in [-0.15, -0.1) is 24.0 Å². The third-order valence-electron chi connectivity index (χ3n) is 2.17. The summed E-state index contributed by atoms with van der Waals surface area (Å²) < 4.78 is 1.26. The third kappa shape index (κ3) is 3.22. The number of aromatic nitrogens is 1. The maximum Gasteiger partial charge on any atom is 0.0812 e. The Morgan fingerprint density at radius 2 is 1.71 bits per heavy atom. The van der Waals surface area contributed by atoms with Gasteiger partial charge in [-0.25, -0.2) is 4.98 Å². The van der Waals surface area contributed by atoms with Crippen molar-refractivity contribution in [1.29, 1.82) is 0 Å². The van der Waals surface area contributed by atoms with E-state index in [-0.39, 0.29) is 0 Å². The molecule has 0 atom stereocenters. The van der Waals surface area contributed by atoms with E-state index in [1.54, 1.807) is 11.3 Å². The van der Waals surface area contributed by atoms with E-state index in [1.165, 1.54) is 4.70 Å². The van der Waals surface area contributed by atoms with Gasteiger partial charge in [-0.1, -0.05) is 24.3 Å². The van der Waals surface area contributed by atoms with Crippen molar-refractivity contribution in [3.05, 3.63) is 54.0 Å². The van der Waals surface area contributed by atoms with Gasteiger partial charge in [0.1, 0.15) is 0 Å². The zero-order valence-electron chi connectivity index (χ0n) is 9.08. The number of anilines is 1. The molecular formula is C13H12N2S2. The summed E-state index contributed by atoms with van der Waals surface area (Å²) in [5.41, 5.74) is 9.14. The summed E-state index contributed by atoms with van der Waals surface area (Å²) in [6, 6.07) is 15.6. The molecule has 0 fully saturated rings. The highest BCUT2D eigenvalue weighted by Crippen LogP contribution is 2.15. The summed E-state index contributed by atoms with van der Waals surface area (Å²) in [6.45, 7) is 0. The van der Waals surface area contributed by atoms with Gasteiger partial charge in [-0.2, -0.15) is 0 Å². The summed E-state index contributed by atoms with van der Waals surface area (Å²) in [5.74, 6) is 0. The van der Waals surface area contributed by atoms with Gasteiger partial charge in [0.2, 0.25) is 0 Å². The number of thiol groups is 1. The highest BCUT2D eigenvalue weighted by molar-refractivity contribution is 7.80. The Morgan fingerprint density at radius 3 is 2.35 bits per heavy atom. The quantitative estimate of drug-likeness (QED) is 0.476. The lowest BCUT2D eigenvalue weighted by molar-refractivity contribution is 1.48. The van der Waals surface area contributed by atoms with Crippen LogP contribution in [-0.4, -0.2) is 4.98 Å². The van der Waals surface area contributed by atoms with Crippen molar-refractivity contribution in [3.63, 3.8) is 0 Å². The second-order valence-corrected chi connectivity index (χ2v) is 4.75. The maximum atomic E-state index is 5.44. The minimum atomic E-state index is 0.732. The minimum absolute atomic E-state index is 0.732. The van der Waals surface area contributed by atoms with Crippen LogP contribution in [0.25, 0.3) is 10.2 Å². The zero-order valence-corrected chi connectivity index (χ0v) is 10.8. The molecular weight excluding hydrogens is 248 g/mol. The average molecular weight is 260 g/mol. The van der Waals surface area contributed by atoms with Crippen LogP contribution < -0.4 is 5.73 Å². The number of nitrogens with two attached hydrogens (primary N) is 1. The fourth-order valence-corrected chi connectivity index (χ4v) is 2.13. The summed E-state index contributed by atoms with van der Waals surface area (Å²) >= 11 is 5.75. The number of benzene rings is 2. The van der Waals surface area contributed by atoms with Crippen LogP contribution in [0.5, 0.6) is 0 Å². The first-order valence-corrected chi connectivity index (χ1v) is 6.42. The molecule has 0 aliphatic heterocycles. The van der Waals surface area contributed by atoms with Crippen LogP contribution in [-0.2, 0) is 0 Å². The summed E-state index contributed by atoms with van der Waals surface area (Å²) in [6.07, 6.45) is 0. The number of nitrogens with zero attached hydrogens (tertiary/aromatic N) is 1. The first kappa shape index (κ1) is 12.0. The normalized spacial score (nSPS) is 9.71. The molecule has 0 bridgehead atoms. The van der Waals surface area contributed by atoms with Crippen LogP contribution in [0.15, 0.2) is 58.9 Å². The highest BCUT2D eigenvalue weighted by Gasteiger charge is 1.89. The molecule has 3 aromatic rings. The van der Waals surface area contributed by atoms with Crippen molar-refractivity contribution >= 4 is 39.9 Å². The second-order valence-electron chi connectivity index (χ2n) is 3.38. The van der Waals surface area contributed by atoms with Crippen molar-refractivity contribution in [2.75, 3.05) is 5.73 Å². The molecule has 1 heterocycles. The molecule has 0 spiro atoms. The van der Waals surface area contributed by atoms with Gasteiger partial charge in [0.25, 0.3) is 0 Å². The Kier molecular flexibility index (Phi) is 4.01. The summed E-state index contributed by atoms with van der Waals surface area (Å²) in [7, 11) is 0. The second kappa shape index (κ2) is 5.70. The van der Waals surface area contributed by atoms with Gasteiger partial charge in [-0.3, -0.25) is 0 Å². The highest BCUT2D eigenvalue weighted by atomic mass is 32.1. The Bertz CT molecular complexity index is 554. The molecule has 0 radical (unpaired) electrons. The predicted octanol–water partition coefficient (Wildman–Crippen LogP) is 3.85. The maximum absolute atomic E-state index is 5.44. The molecule has 17 heavy (non-hydrogen) atoms. The molecule has 3 rings (SSSR count). The van der Waals surface area contributed by atoms with Crippen LogP contribution in [0.2, 0.25) is 0 Å². The van der Waals surface area contributed by atoms with Gasteiger partial charge in [0.05, 0.1) is 15.7 Å². The van der Waals surface area contributed by atoms with E-state index < -0.39 is 0 Å². The summed E-state index contributed by atoms with van der Waals surface area (Å²) in [4.78, 5) is 4.98. The Labute approximate surface area is 110 Å². The van der Waals surface area contributed by atoms with Crippen molar-refractivity contribution < 1.29 is 0 Å². The average Bonchev–Trinajstić information content (AvgIpc) is 2.82. The SMILES string of the molecule is Nc1ccccc1S.c1ccc2scnc2c1. The van der Waals surface area contributed by atoms with E-state index >= 15 is 0 Å². The number of para-hydroxylation sites is 2. The molecule has 0 saturated heterocycles. The van der Waals surface area contributed by atoms with Gasteiger partial charge < -0.3 is 5.73 Å². The van der Waals surface area contributed by atoms with Crippen molar-refractivity contribution in [3.8, 4) is 0 Å².